The van der Waals surface area contributed by atoms with Crippen LogP contribution in [0.4, 0.5) is 0 Å². The number of hydrogen-bond acceptors (Lipinski definition) is 8. The van der Waals surface area contributed by atoms with E-state index in [1.54, 1.807) is 13.8 Å². The Kier molecular flexibility index (Phi) is 13.3. The maximum atomic E-state index is 12.8. The highest BCUT2D eigenvalue weighted by Crippen LogP contribution is 2.08. The fourth-order valence-electron chi connectivity index (χ4n) is 2.70. The monoisotopic (exact) mass is 474 g/mol. The number of carboxylic acids is 1. The Morgan fingerprint density at radius 2 is 1.21 bits per heavy atom. The average molecular weight is 475 g/mol. The molecule has 33 heavy (non-hydrogen) atoms. The first-order valence-corrected chi connectivity index (χ1v) is 10.3. The van der Waals surface area contributed by atoms with E-state index in [0.717, 1.165) is 0 Å². The highest BCUT2D eigenvalue weighted by molar-refractivity contribution is 5.94. The lowest BCUT2D eigenvalue weighted by Gasteiger charge is -2.25. The van der Waals surface area contributed by atoms with Crippen LogP contribution in [-0.4, -0.2) is 76.5 Å². The summed E-state index contributed by atoms with van der Waals surface area (Å²) in [5.41, 5.74) is 15.9. The molecule has 0 bridgehead atoms. The smallest absolute Gasteiger partial charge is 0.328 e. The number of hydrogen-bond donors (Lipinski definition) is 8. The van der Waals surface area contributed by atoms with Crippen LogP contribution < -0.4 is 33.2 Å². The van der Waals surface area contributed by atoms with Crippen LogP contribution in [0.1, 0.15) is 46.0 Å². The summed E-state index contributed by atoms with van der Waals surface area (Å²) in [5, 5.41) is 25.0. The molecule has 188 valence electrons. The van der Waals surface area contributed by atoms with Crippen molar-refractivity contribution >= 4 is 35.5 Å². The molecule has 0 spiro atoms. The number of amides is 5. The molecule has 0 saturated heterocycles. The molecular formula is C19H34N6O8. The predicted molar refractivity (Wildman–Crippen MR) is 115 cm³/mol. The fourth-order valence-corrected chi connectivity index (χ4v) is 2.70. The minimum atomic E-state index is -1.63. The number of primary amides is 2. The number of aliphatic hydroxyl groups excluding tert-OH is 1. The Bertz CT molecular complexity index is 729. The van der Waals surface area contributed by atoms with Crippen molar-refractivity contribution in [2.45, 2.75) is 70.1 Å². The van der Waals surface area contributed by atoms with E-state index in [0.29, 0.717) is 0 Å². The topological polar surface area (TPSA) is 257 Å². The number of rotatable bonds is 16. The number of aliphatic carboxylic acids is 1. The van der Waals surface area contributed by atoms with E-state index >= 15 is 0 Å². The summed E-state index contributed by atoms with van der Waals surface area (Å²) in [7, 11) is 0. The molecule has 0 heterocycles. The quantitative estimate of drug-likeness (QED) is 0.110. The van der Waals surface area contributed by atoms with Crippen molar-refractivity contribution in [1.29, 1.82) is 0 Å². The molecule has 0 aliphatic carbocycles. The molecule has 14 heteroatoms. The highest BCUT2D eigenvalue weighted by Gasteiger charge is 2.30. The summed E-state index contributed by atoms with van der Waals surface area (Å²) in [6, 6.07) is -5.21. The highest BCUT2D eigenvalue weighted by atomic mass is 16.4. The van der Waals surface area contributed by atoms with E-state index in [-0.39, 0.29) is 38.0 Å². The van der Waals surface area contributed by atoms with Crippen molar-refractivity contribution in [3.05, 3.63) is 0 Å². The average Bonchev–Trinajstić information content (AvgIpc) is 2.71. The molecule has 0 rings (SSSR count). The zero-order chi connectivity index (χ0) is 25.7. The zero-order valence-electron chi connectivity index (χ0n) is 18.7. The molecule has 0 radical (unpaired) electrons. The molecule has 0 aliphatic heterocycles. The summed E-state index contributed by atoms with van der Waals surface area (Å²) >= 11 is 0. The van der Waals surface area contributed by atoms with Gasteiger partial charge in [-0.05, 0) is 25.2 Å². The van der Waals surface area contributed by atoms with Gasteiger partial charge in [0, 0.05) is 12.8 Å². The summed E-state index contributed by atoms with van der Waals surface area (Å²) in [4.78, 5) is 70.8. The third-order valence-corrected chi connectivity index (χ3v) is 4.49. The molecule has 0 aromatic heterocycles. The van der Waals surface area contributed by atoms with Gasteiger partial charge < -0.3 is 43.4 Å². The molecule has 4 atom stereocenters. The number of nitrogens with two attached hydrogens (primary N) is 3. The van der Waals surface area contributed by atoms with Crippen molar-refractivity contribution < 1.29 is 39.0 Å². The lowest BCUT2D eigenvalue weighted by atomic mass is 10.0. The van der Waals surface area contributed by atoms with E-state index in [1.807, 2.05) is 0 Å². The summed E-state index contributed by atoms with van der Waals surface area (Å²) in [6.07, 6.45) is -0.530. The van der Waals surface area contributed by atoms with Gasteiger partial charge in [-0.2, -0.15) is 0 Å². The number of aliphatic hydroxyl groups is 1. The third kappa shape index (κ3) is 12.4. The van der Waals surface area contributed by atoms with E-state index in [9.17, 15) is 28.8 Å². The fraction of sp³-hybridized carbons (Fsp3) is 0.684. The Labute approximate surface area is 191 Å². The van der Waals surface area contributed by atoms with Crippen LogP contribution in [0.2, 0.25) is 0 Å². The molecular weight excluding hydrogens is 440 g/mol. The number of carboxylic acid groups (broad SMARTS) is 1. The second kappa shape index (κ2) is 14.7. The zero-order valence-corrected chi connectivity index (χ0v) is 18.7. The van der Waals surface area contributed by atoms with Gasteiger partial charge in [0.1, 0.15) is 18.1 Å². The minimum absolute atomic E-state index is 0.0292. The van der Waals surface area contributed by atoms with Crippen LogP contribution in [0.15, 0.2) is 0 Å². The van der Waals surface area contributed by atoms with Gasteiger partial charge in [-0.3, -0.25) is 24.0 Å². The molecule has 5 amide bonds. The largest absolute Gasteiger partial charge is 0.480 e. The number of carbonyl (C=O) groups is 6. The lowest BCUT2D eigenvalue weighted by Crippen LogP contribution is -2.57. The van der Waals surface area contributed by atoms with E-state index in [4.69, 9.17) is 27.4 Å². The standard InChI is InChI=1S/C19H34N6O8/c1-9(2)7-12(24-16(29)10(20)3-5-14(21)27)18(31)23-11(4-6-15(22)28)17(30)25-13(8-26)19(32)33/h9-13,26H,3-8,20H2,1-2H3,(H2,21,27)(H2,22,28)(H,23,31)(H,24,29)(H,25,30)(H,32,33). The van der Waals surface area contributed by atoms with Gasteiger partial charge in [-0.15, -0.1) is 0 Å². The lowest BCUT2D eigenvalue weighted by molar-refractivity contribution is -0.143. The first kappa shape index (κ1) is 29.7. The van der Waals surface area contributed by atoms with Crippen molar-refractivity contribution in [3.8, 4) is 0 Å². The Morgan fingerprint density at radius 3 is 1.67 bits per heavy atom. The van der Waals surface area contributed by atoms with Crippen LogP contribution in [0.5, 0.6) is 0 Å². The minimum Gasteiger partial charge on any atom is -0.480 e. The van der Waals surface area contributed by atoms with E-state index < -0.39 is 66.3 Å². The third-order valence-electron chi connectivity index (χ3n) is 4.49. The van der Waals surface area contributed by atoms with Crippen molar-refractivity contribution in [1.82, 2.24) is 16.0 Å². The van der Waals surface area contributed by atoms with Crippen molar-refractivity contribution in [2.24, 2.45) is 23.1 Å². The van der Waals surface area contributed by atoms with E-state index in [2.05, 4.69) is 16.0 Å². The summed E-state index contributed by atoms with van der Waals surface area (Å²) in [5.74, 6) is -5.40. The SMILES string of the molecule is CC(C)CC(NC(=O)C(N)CCC(N)=O)C(=O)NC(CCC(N)=O)C(=O)NC(CO)C(=O)O. The molecule has 14 nitrogen and oxygen atoms in total. The van der Waals surface area contributed by atoms with Gasteiger partial charge in [0.25, 0.3) is 0 Å². The van der Waals surface area contributed by atoms with E-state index in [1.165, 1.54) is 0 Å². The van der Waals surface area contributed by atoms with Gasteiger partial charge >= 0.3 is 5.97 Å². The second-order valence-corrected chi connectivity index (χ2v) is 7.95. The van der Waals surface area contributed by atoms with Crippen LogP contribution >= 0.6 is 0 Å². The van der Waals surface area contributed by atoms with Crippen LogP contribution in [0, 0.1) is 5.92 Å². The van der Waals surface area contributed by atoms with Crippen LogP contribution in [-0.2, 0) is 28.8 Å². The Morgan fingerprint density at radius 1 is 0.758 bits per heavy atom. The molecule has 0 aromatic rings. The van der Waals surface area contributed by atoms with Gasteiger partial charge in [0.05, 0.1) is 12.6 Å². The van der Waals surface area contributed by atoms with Gasteiger partial charge in [-0.25, -0.2) is 4.79 Å². The first-order chi connectivity index (χ1) is 15.3. The predicted octanol–water partition coefficient (Wildman–Crippen LogP) is -3.58. The number of carbonyl (C=O) groups excluding carboxylic acids is 5. The summed E-state index contributed by atoms with van der Waals surface area (Å²) in [6.45, 7) is 2.68. The molecule has 4 unspecified atom stereocenters. The molecule has 11 N–H and O–H groups in total. The molecule has 0 fully saturated rings. The first-order valence-electron chi connectivity index (χ1n) is 10.3. The van der Waals surface area contributed by atoms with Crippen LogP contribution in [0.3, 0.4) is 0 Å². The molecule has 0 aromatic carbocycles. The molecule has 0 aliphatic rings. The molecule has 0 saturated carbocycles. The van der Waals surface area contributed by atoms with Gasteiger partial charge in [0.2, 0.25) is 29.5 Å². The van der Waals surface area contributed by atoms with Crippen LogP contribution in [0.25, 0.3) is 0 Å². The maximum absolute atomic E-state index is 12.8. The van der Waals surface area contributed by atoms with Gasteiger partial charge in [-0.1, -0.05) is 13.8 Å². The van der Waals surface area contributed by atoms with Gasteiger partial charge in [0.15, 0.2) is 0 Å². The Hall–Kier alpha value is -3.26. The second-order valence-electron chi connectivity index (χ2n) is 7.95. The Balaban J connectivity index is 5.45. The maximum Gasteiger partial charge on any atom is 0.328 e. The van der Waals surface area contributed by atoms with Crippen molar-refractivity contribution in [3.63, 3.8) is 0 Å². The summed E-state index contributed by atoms with van der Waals surface area (Å²) < 4.78 is 0. The normalized spacial score (nSPS) is 14.5. The van der Waals surface area contributed by atoms with Crippen molar-refractivity contribution in [2.75, 3.05) is 6.61 Å². The number of nitrogens with one attached hydrogen (secondary N) is 3.